The van der Waals surface area contributed by atoms with Gasteiger partial charge in [0.25, 0.3) is 5.91 Å². The highest BCUT2D eigenvalue weighted by Gasteiger charge is 2.18. The van der Waals surface area contributed by atoms with Crippen LogP contribution >= 0.6 is 11.6 Å². The Labute approximate surface area is 180 Å². The third kappa shape index (κ3) is 5.60. The molecule has 0 heterocycles. The van der Waals surface area contributed by atoms with Gasteiger partial charge in [-0.25, -0.2) is 13.1 Å². The topological polar surface area (TPSA) is 84.5 Å². The van der Waals surface area contributed by atoms with E-state index in [1.807, 2.05) is 6.07 Å². The summed E-state index contributed by atoms with van der Waals surface area (Å²) in [5.74, 6) is 0.0265. The molecule has 0 aromatic heterocycles. The molecule has 0 spiro atoms. The summed E-state index contributed by atoms with van der Waals surface area (Å²) < 4.78 is 33.6. The average molecular weight is 445 g/mol. The smallest absolute Gasteiger partial charge is 0.255 e. The number of nitrogens with one attached hydrogen (secondary N) is 2. The Kier molecular flexibility index (Phi) is 7.10. The highest BCUT2D eigenvalue weighted by molar-refractivity contribution is 7.89. The van der Waals surface area contributed by atoms with E-state index in [9.17, 15) is 13.2 Å². The fourth-order valence-corrected chi connectivity index (χ4v) is 3.87. The molecule has 0 radical (unpaired) electrons. The first-order chi connectivity index (χ1) is 14.4. The van der Waals surface area contributed by atoms with Crippen molar-refractivity contribution in [3.05, 3.63) is 88.9 Å². The van der Waals surface area contributed by atoms with Gasteiger partial charge in [0.15, 0.2) is 0 Å². The first kappa shape index (κ1) is 21.8. The number of benzene rings is 3. The molecule has 0 unspecified atom stereocenters. The molecule has 0 saturated heterocycles. The number of sulfonamides is 1. The van der Waals surface area contributed by atoms with Gasteiger partial charge in [-0.05, 0) is 55.0 Å². The zero-order valence-corrected chi connectivity index (χ0v) is 17.8. The lowest BCUT2D eigenvalue weighted by Gasteiger charge is -2.14. The third-order valence-corrected chi connectivity index (χ3v) is 5.88. The molecule has 6 nitrogen and oxygen atoms in total. The van der Waals surface area contributed by atoms with Crippen LogP contribution in [0.5, 0.6) is 5.75 Å². The summed E-state index contributed by atoms with van der Waals surface area (Å²) in [6.45, 7) is 2.29. The molecule has 0 fully saturated rings. The number of carbonyl (C=O) groups excluding carboxylic acids is 1. The minimum absolute atomic E-state index is 0.0169. The molecule has 0 aliphatic rings. The van der Waals surface area contributed by atoms with Crippen molar-refractivity contribution in [3.8, 4) is 5.75 Å². The van der Waals surface area contributed by atoms with Crippen molar-refractivity contribution < 1.29 is 17.9 Å². The highest BCUT2D eigenvalue weighted by Crippen LogP contribution is 2.28. The Balaban J connectivity index is 1.83. The maximum atomic E-state index is 12.8. The molecule has 3 aromatic rings. The minimum Gasteiger partial charge on any atom is -0.492 e. The molecule has 0 aliphatic heterocycles. The van der Waals surface area contributed by atoms with Crippen LogP contribution < -0.4 is 14.8 Å². The Bertz CT molecular complexity index is 1120. The van der Waals surface area contributed by atoms with Crippen LogP contribution in [0.4, 0.5) is 5.69 Å². The lowest BCUT2D eigenvalue weighted by molar-refractivity contribution is 0.102. The van der Waals surface area contributed by atoms with E-state index < -0.39 is 10.0 Å². The molecular formula is C22H21ClN2O4S. The summed E-state index contributed by atoms with van der Waals surface area (Å²) in [5, 5.41) is 3.31. The van der Waals surface area contributed by atoms with Crippen molar-refractivity contribution in [3.63, 3.8) is 0 Å². The second-order valence-electron chi connectivity index (χ2n) is 6.36. The Hall–Kier alpha value is -2.87. The van der Waals surface area contributed by atoms with E-state index >= 15 is 0 Å². The van der Waals surface area contributed by atoms with Crippen LogP contribution in [-0.2, 0) is 16.6 Å². The van der Waals surface area contributed by atoms with Crippen LogP contribution in [0.3, 0.4) is 0 Å². The average Bonchev–Trinajstić information content (AvgIpc) is 2.75. The molecule has 3 rings (SSSR count). The maximum absolute atomic E-state index is 12.8. The number of hydrogen-bond donors (Lipinski definition) is 2. The zero-order chi connectivity index (χ0) is 21.6. The van der Waals surface area contributed by atoms with Gasteiger partial charge in [-0.1, -0.05) is 41.9 Å². The normalized spacial score (nSPS) is 11.1. The summed E-state index contributed by atoms with van der Waals surface area (Å²) >= 11 is 5.86. The quantitative estimate of drug-likeness (QED) is 0.536. The summed E-state index contributed by atoms with van der Waals surface area (Å²) in [5.41, 5.74) is 1.50. The number of hydrogen-bond acceptors (Lipinski definition) is 4. The maximum Gasteiger partial charge on any atom is 0.255 e. The second kappa shape index (κ2) is 9.75. The Morgan fingerprint density at radius 3 is 2.37 bits per heavy atom. The van der Waals surface area contributed by atoms with Crippen molar-refractivity contribution in [2.75, 3.05) is 11.9 Å². The lowest BCUT2D eigenvalue weighted by atomic mass is 10.2. The SMILES string of the molecule is CCOc1ccc(S(=O)(=O)NCc2ccc(Cl)cc2)cc1NC(=O)c1ccccc1. The summed E-state index contributed by atoms with van der Waals surface area (Å²) in [7, 11) is -3.81. The van der Waals surface area contributed by atoms with Gasteiger partial charge in [0.05, 0.1) is 17.2 Å². The van der Waals surface area contributed by atoms with E-state index in [1.54, 1.807) is 55.5 Å². The summed E-state index contributed by atoms with van der Waals surface area (Å²) in [6.07, 6.45) is 0. The molecule has 2 N–H and O–H groups in total. The molecule has 0 aliphatic carbocycles. The number of halogens is 1. The van der Waals surface area contributed by atoms with Gasteiger partial charge in [-0.2, -0.15) is 0 Å². The Morgan fingerprint density at radius 2 is 1.70 bits per heavy atom. The molecule has 30 heavy (non-hydrogen) atoms. The van der Waals surface area contributed by atoms with E-state index in [-0.39, 0.29) is 23.0 Å². The number of ether oxygens (including phenoxy) is 1. The van der Waals surface area contributed by atoms with E-state index in [2.05, 4.69) is 10.0 Å². The van der Waals surface area contributed by atoms with Crippen molar-refractivity contribution in [2.45, 2.75) is 18.4 Å². The standard InChI is InChI=1S/C22H21ClN2O4S/c1-2-29-21-13-12-19(14-20(21)25-22(26)17-6-4-3-5-7-17)30(27,28)24-15-16-8-10-18(23)11-9-16/h3-14,24H,2,15H2,1H3,(H,25,26). The van der Waals surface area contributed by atoms with Gasteiger partial charge in [-0.3, -0.25) is 4.79 Å². The second-order valence-corrected chi connectivity index (χ2v) is 8.57. The molecule has 0 atom stereocenters. The molecule has 156 valence electrons. The first-order valence-corrected chi connectivity index (χ1v) is 11.1. The number of anilines is 1. The lowest BCUT2D eigenvalue weighted by Crippen LogP contribution is -2.23. The van der Waals surface area contributed by atoms with Gasteiger partial charge in [0, 0.05) is 17.1 Å². The predicted octanol–water partition coefficient (Wildman–Crippen LogP) is 4.47. The number of rotatable bonds is 8. The van der Waals surface area contributed by atoms with Gasteiger partial charge in [-0.15, -0.1) is 0 Å². The van der Waals surface area contributed by atoms with Gasteiger partial charge in [0.2, 0.25) is 10.0 Å². The van der Waals surface area contributed by atoms with Crippen molar-refractivity contribution in [2.24, 2.45) is 0 Å². The van der Waals surface area contributed by atoms with Crippen molar-refractivity contribution in [1.29, 1.82) is 0 Å². The monoisotopic (exact) mass is 444 g/mol. The highest BCUT2D eigenvalue weighted by atomic mass is 35.5. The molecule has 8 heteroatoms. The van der Waals surface area contributed by atoms with Gasteiger partial charge >= 0.3 is 0 Å². The fraction of sp³-hybridized carbons (Fsp3) is 0.136. The van der Waals surface area contributed by atoms with Crippen LogP contribution in [0.2, 0.25) is 5.02 Å². The molecular weight excluding hydrogens is 424 g/mol. The summed E-state index contributed by atoms with van der Waals surface area (Å²) in [6, 6.07) is 19.9. The largest absolute Gasteiger partial charge is 0.492 e. The van der Waals surface area contributed by atoms with E-state index in [1.165, 1.54) is 18.2 Å². The third-order valence-electron chi connectivity index (χ3n) is 4.22. The molecule has 3 aromatic carbocycles. The van der Waals surface area contributed by atoms with E-state index in [0.717, 1.165) is 5.56 Å². The number of amides is 1. The minimum atomic E-state index is -3.81. The fourth-order valence-electron chi connectivity index (χ4n) is 2.70. The Morgan fingerprint density at radius 1 is 1.00 bits per heavy atom. The van der Waals surface area contributed by atoms with Gasteiger partial charge < -0.3 is 10.1 Å². The van der Waals surface area contributed by atoms with E-state index in [0.29, 0.717) is 22.9 Å². The molecule has 0 bridgehead atoms. The first-order valence-electron chi connectivity index (χ1n) is 9.26. The van der Waals surface area contributed by atoms with Crippen LogP contribution in [0, 0.1) is 0 Å². The van der Waals surface area contributed by atoms with Crippen LogP contribution in [0.25, 0.3) is 0 Å². The summed E-state index contributed by atoms with van der Waals surface area (Å²) in [4.78, 5) is 12.5. The van der Waals surface area contributed by atoms with Crippen LogP contribution in [0.1, 0.15) is 22.8 Å². The van der Waals surface area contributed by atoms with Crippen molar-refractivity contribution >= 4 is 33.2 Å². The van der Waals surface area contributed by atoms with Crippen molar-refractivity contribution in [1.82, 2.24) is 4.72 Å². The zero-order valence-electron chi connectivity index (χ0n) is 16.3. The van der Waals surface area contributed by atoms with Gasteiger partial charge in [0.1, 0.15) is 5.75 Å². The van der Waals surface area contributed by atoms with Crippen LogP contribution in [-0.4, -0.2) is 20.9 Å². The van der Waals surface area contributed by atoms with Crippen LogP contribution in [0.15, 0.2) is 77.7 Å². The molecule has 0 saturated carbocycles. The van der Waals surface area contributed by atoms with E-state index in [4.69, 9.17) is 16.3 Å². The molecule has 1 amide bonds. The predicted molar refractivity (Wildman–Crippen MR) is 117 cm³/mol. The number of carbonyl (C=O) groups is 1.